The largest absolute Gasteiger partial charge is 0.398 e. The maximum absolute atomic E-state index is 12.5. The molecule has 0 saturated heterocycles. The average Bonchev–Trinajstić information content (AvgIpc) is 2.82. The van der Waals surface area contributed by atoms with Gasteiger partial charge < -0.3 is 5.73 Å². The molecular formula is C15H12ClNOS2. The van der Waals surface area contributed by atoms with E-state index in [4.69, 9.17) is 17.3 Å². The van der Waals surface area contributed by atoms with Crippen molar-refractivity contribution in [3.8, 4) is 0 Å². The van der Waals surface area contributed by atoms with Crippen LogP contribution in [0, 0.1) is 0 Å². The van der Waals surface area contributed by atoms with E-state index in [-0.39, 0.29) is 0 Å². The monoisotopic (exact) mass is 321 g/mol. The molecule has 1 unspecified atom stereocenters. The fourth-order valence-corrected chi connectivity index (χ4v) is 4.56. The number of thiophene rings is 1. The molecule has 0 saturated carbocycles. The number of nitrogen functional groups attached to an aromatic ring is 1. The molecule has 0 amide bonds. The molecule has 5 heteroatoms. The number of nitrogens with two attached hydrogens (primary N) is 1. The van der Waals surface area contributed by atoms with E-state index in [1.54, 1.807) is 29.5 Å². The van der Waals surface area contributed by atoms with Crippen LogP contribution in [0.4, 0.5) is 5.69 Å². The van der Waals surface area contributed by atoms with Crippen LogP contribution in [-0.2, 0) is 16.6 Å². The lowest BCUT2D eigenvalue weighted by molar-refractivity contribution is 0.683. The van der Waals surface area contributed by atoms with Gasteiger partial charge in [-0.15, -0.1) is 11.3 Å². The van der Waals surface area contributed by atoms with Crippen LogP contribution >= 0.6 is 22.9 Å². The Morgan fingerprint density at radius 3 is 2.80 bits per heavy atom. The summed E-state index contributed by atoms with van der Waals surface area (Å²) in [7, 11) is -1.17. The Bertz CT molecular complexity index is 797. The third kappa shape index (κ3) is 2.59. The van der Waals surface area contributed by atoms with Gasteiger partial charge in [0.25, 0.3) is 0 Å². The molecule has 102 valence electrons. The Balaban J connectivity index is 1.92. The van der Waals surface area contributed by atoms with Crippen molar-refractivity contribution in [3.05, 3.63) is 58.4 Å². The second-order valence-corrected chi connectivity index (χ2v) is 7.20. The van der Waals surface area contributed by atoms with Gasteiger partial charge in [0.05, 0.1) is 21.4 Å². The molecule has 0 aliphatic carbocycles. The molecule has 2 N–H and O–H groups in total. The molecule has 0 fully saturated rings. The first-order valence-electron chi connectivity index (χ1n) is 6.03. The van der Waals surface area contributed by atoms with Crippen molar-refractivity contribution in [2.75, 3.05) is 5.73 Å². The van der Waals surface area contributed by atoms with Crippen molar-refractivity contribution in [1.82, 2.24) is 0 Å². The van der Waals surface area contributed by atoms with Gasteiger partial charge in [0, 0.05) is 15.4 Å². The van der Waals surface area contributed by atoms with Crippen molar-refractivity contribution in [3.63, 3.8) is 0 Å². The molecule has 0 bridgehead atoms. The Morgan fingerprint density at radius 2 is 2.00 bits per heavy atom. The molecule has 2 aromatic carbocycles. The third-order valence-corrected chi connectivity index (χ3v) is 5.75. The normalized spacial score (nSPS) is 12.7. The van der Waals surface area contributed by atoms with Crippen molar-refractivity contribution in [2.45, 2.75) is 10.6 Å². The van der Waals surface area contributed by atoms with Gasteiger partial charge in [-0.2, -0.15) is 0 Å². The molecule has 1 heterocycles. The highest BCUT2D eigenvalue weighted by molar-refractivity contribution is 7.84. The van der Waals surface area contributed by atoms with Crippen LogP contribution in [0.1, 0.15) is 5.56 Å². The van der Waals surface area contributed by atoms with Crippen molar-refractivity contribution in [2.24, 2.45) is 0 Å². The highest BCUT2D eigenvalue weighted by Gasteiger charge is 2.12. The molecule has 0 aliphatic heterocycles. The molecule has 2 nitrogen and oxygen atoms in total. The van der Waals surface area contributed by atoms with E-state index in [0.29, 0.717) is 21.4 Å². The predicted molar refractivity (Wildman–Crippen MR) is 87.8 cm³/mol. The van der Waals surface area contributed by atoms with Gasteiger partial charge in [-0.3, -0.25) is 4.21 Å². The van der Waals surface area contributed by atoms with Crippen molar-refractivity contribution >= 4 is 49.5 Å². The highest BCUT2D eigenvalue weighted by Crippen LogP contribution is 2.29. The van der Waals surface area contributed by atoms with E-state index < -0.39 is 10.8 Å². The predicted octanol–water partition coefficient (Wildman–Crippen LogP) is 4.44. The second kappa shape index (κ2) is 5.56. The minimum Gasteiger partial charge on any atom is -0.398 e. The van der Waals surface area contributed by atoms with Crippen molar-refractivity contribution < 1.29 is 4.21 Å². The first kappa shape index (κ1) is 13.6. The lowest BCUT2D eigenvalue weighted by atomic mass is 10.2. The fourth-order valence-electron chi connectivity index (χ4n) is 2.09. The zero-order chi connectivity index (χ0) is 14.1. The lowest BCUT2D eigenvalue weighted by Crippen LogP contribution is -2.00. The van der Waals surface area contributed by atoms with Gasteiger partial charge in [0.15, 0.2) is 0 Å². The fraction of sp³-hybridized carbons (Fsp3) is 0.0667. The van der Waals surface area contributed by atoms with E-state index >= 15 is 0 Å². The minimum absolute atomic E-state index is 0.468. The molecule has 0 spiro atoms. The van der Waals surface area contributed by atoms with E-state index in [9.17, 15) is 4.21 Å². The highest BCUT2D eigenvalue weighted by atomic mass is 35.5. The summed E-state index contributed by atoms with van der Waals surface area (Å²) < 4.78 is 13.7. The summed E-state index contributed by atoms with van der Waals surface area (Å²) in [6, 6.07) is 13.2. The number of fused-ring (bicyclic) bond motifs is 1. The number of anilines is 1. The maximum atomic E-state index is 12.5. The van der Waals surface area contributed by atoms with Crippen molar-refractivity contribution in [1.29, 1.82) is 0 Å². The molecule has 3 aromatic rings. The first-order chi connectivity index (χ1) is 9.65. The Hall–Kier alpha value is -1.36. The summed E-state index contributed by atoms with van der Waals surface area (Å²) in [6.07, 6.45) is 0. The summed E-state index contributed by atoms with van der Waals surface area (Å²) in [5.41, 5.74) is 7.47. The summed E-state index contributed by atoms with van der Waals surface area (Å²) in [5, 5.41) is 3.79. The zero-order valence-corrected chi connectivity index (χ0v) is 12.9. The van der Waals surface area contributed by atoms with Crippen LogP contribution in [0.5, 0.6) is 0 Å². The van der Waals surface area contributed by atoms with Gasteiger partial charge in [-0.05, 0) is 40.6 Å². The summed E-state index contributed by atoms with van der Waals surface area (Å²) >= 11 is 7.54. The second-order valence-electron chi connectivity index (χ2n) is 4.43. The average molecular weight is 322 g/mol. The van der Waals surface area contributed by atoms with Gasteiger partial charge in [0.2, 0.25) is 0 Å². The van der Waals surface area contributed by atoms with Crippen LogP contribution in [0.3, 0.4) is 0 Å². The Labute approximate surface area is 128 Å². The lowest BCUT2D eigenvalue weighted by Gasteiger charge is -2.06. The SMILES string of the molecule is Nc1cc(Cl)ccc1S(=O)Cc1csc2ccccc12. The molecule has 0 radical (unpaired) electrons. The molecule has 1 aromatic heterocycles. The smallest absolute Gasteiger partial charge is 0.0621 e. The van der Waals surface area contributed by atoms with Gasteiger partial charge in [-0.25, -0.2) is 0 Å². The van der Waals surface area contributed by atoms with E-state index in [1.165, 1.54) is 10.1 Å². The number of benzene rings is 2. The van der Waals surface area contributed by atoms with Crippen LogP contribution in [0.25, 0.3) is 10.1 Å². The number of hydrogen-bond acceptors (Lipinski definition) is 3. The quantitative estimate of drug-likeness (QED) is 0.724. The summed E-state index contributed by atoms with van der Waals surface area (Å²) in [6.45, 7) is 0. The van der Waals surface area contributed by atoms with Crippen LogP contribution in [0.2, 0.25) is 5.02 Å². The summed E-state index contributed by atoms with van der Waals surface area (Å²) in [5.74, 6) is 0.468. The number of rotatable bonds is 3. The molecular weight excluding hydrogens is 310 g/mol. The zero-order valence-electron chi connectivity index (χ0n) is 10.5. The molecule has 20 heavy (non-hydrogen) atoms. The van der Waals surface area contributed by atoms with E-state index in [0.717, 1.165) is 5.56 Å². The van der Waals surface area contributed by atoms with Crippen LogP contribution in [0.15, 0.2) is 52.7 Å². The van der Waals surface area contributed by atoms with Gasteiger partial charge in [-0.1, -0.05) is 29.8 Å². The maximum Gasteiger partial charge on any atom is 0.0621 e. The Kier molecular flexibility index (Phi) is 3.78. The van der Waals surface area contributed by atoms with E-state index in [1.807, 2.05) is 12.1 Å². The van der Waals surface area contributed by atoms with E-state index in [2.05, 4.69) is 17.5 Å². The van der Waals surface area contributed by atoms with Crippen LogP contribution < -0.4 is 5.73 Å². The summed E-state index contributed by atoms with van der Waals surface area (Å²) in [4.78, 5) is 0.643. The molecule has 0 aliphatic rings. The molecule has 3 rings (SSSR count). The first-order valence-corrected chi connectivity index (χ1v) is 8.61. The van der Waals surface area contributed by atoms with Gasteiger partial charge >= 0.3 is 0 Å². The number of halogens is 1. The topological polar surface area (TPSA) is 43.1 Å². The third-order valence-electron chi connectivity index (χ3n) is 3.06. The van der Waals surface area contributed by atoms with Gasteiger partial charge in [0.1, 0.15) is 0 Å². The van der Waals surface area contributed by atoms with Crippen LogP contribution in [-0.4, -0.2) is 4.21 Å². The minimum atomic E-state index is -1.17. The molecule has 1 atom stereocenters. The standard InChI is InChI=1S/C15H12ClNOS2/c16-11-5-6-15(13(17)7-11)20(18)9-10-8-19-14-4-2-1-3-12(10)14/h1-8H,9,17H2. The number of hydrogen-bond donors (Lipinski definition) is 1. The Morgan fingerprint density at radius 1 is 1.20 bits per heavy atom.